The third-order valence-corrected chi connectivity index (χ3v) is 4.46. The van der Waals surface area contributed by atoms with Crippen LogP contribution in [0.3, 0.4) is 0 Å². The van der Waals surface area contributed by atoms with Gasteiger partial charge in [0, 0.05) is 13.1 Å². The number of rotatable bonds is 10. The van der Waals surface area contributed by atoms with Gasteiger partial charge in [0.05, 0.1) is 6.42 Å². The van der Waals surface area contributed by atoms with E-state index in [1.54, 1.807) is 12.1 Å². The smallest absolute Gasteiger partial charge is 0.408 e. The number of alkyl carbamates (subject to hydrolysis) is 1. The van der Waals surface area contributed by atoms with E-state index in [2.05, 4.69) is 16.0 Å². The van der Waals surface area contributed by atoms with E-state index in [9.17, 15) is 18.8 Å². The first-order chi connectivity index (χ1) is 14.8. The van der Waals surface area contributed by atoms with Crippen molar-refractivity contribution in [1.82, 2.24) is 16.0 Å². The summed E-state index contributed by atoms with van der Waals surface area (Å²) in [6, 6.07) is 14.2. The molecule has 2 rings (SSSR count). The average Bonchev–Trinajstić information content (AvgIpc) is 2.75. The highest BCUT2D eigenvalue weighted by Crippen LogP contribution is 2.05. The standard InChI is InChI=1S/C23H28FN3O4/c1-16(2)21(27-23(30)31-15-18-6-4-3-5-7-18)22(29)26-13-12-25-20(28)14-17-8-10-19(24)11-9-17/h3-11,16,21H,12-15H2,1-2H3,(H,25,28)(H,26,29)(H,27,30)/t21-/m0/s1. The van der Waals surface area contributed by atoms with Crippen molar-refractivity contribution < 1.29 is 23.5 Å². The number of amides is 3. The van der Waals surface area contributed by atoms with Gasteiger partial charge >= 0.3 is 6.09 Å². The predicted molar refractivity (Wildman–Crippen MR) is 115 cm³/mol. The Labute approximate surface area is 181 Å². The van der Waals surface area contributed by atoms with Crippen molar-refractivity contribution in [3.05, 3.63) is 71.5 Å². The van der Waals surface area contributed by atoms with Crippen LogP contribution in [-0.2, 0) is 27.4 Å². The number of hydrogen-bond acceptors (Lipinski definition) is 4. The average molecular weight is 429 g/mol. The lowest BCUT2D eigenvalue weighted by Crippen LogP contribution is -2.51. The number of hydrogen-bond donors (Lipinski definition) is 3. The molecule has 0 aliphatic carbocycles. The molecule has 0 saturated heterocycles. The van der Waals surface area contributed by atoms with Gasteiger partial charge in [0.1, 0.15) is 18.5 Å². The molecule has 7 nitrogen and oxygen atoms in total. The van der Waals surface area contributed by atoms with Crippen LogP contribution in [0.15, 0.2) is 54.6 Å². The van der Waals surface area contributed by atoms with Crippen molar-refractivity contribution in [3.8, 4) is 0 Å². The van der Waals surface area contributed by atoms with E-state index < -0.39 is 12.1 Å². The van der Waals surface area contributed by atoms with Crippen molar-refractivity contribution in [2.75, 3.05) is 13.1 Å². The van der Waals surface area contributed by atoms with Crippen molar-refractivity contribution in [2.45, 2.75) is 32.9 Å². The molecule has 0 bridgehead atoms. The third kappa shape index (κ3) is 8.86. The minimum absolute atomic E-state index is 0.110. The molecule has 8 heteroatoms. The Balaban J connectivity index is 1.70. The van der Waals surface area contributed by atoms with Crippen LogP contribution in [0.2, 0.25) is 0 Å². The lowest BCUT2D eigenvalue weighted by atomic mass is 10.0. The van der Waals surface area contributed by atoms with Gasteiger partial charge in [-0.25, -0.2) is 9.18 Å². The molecule has 0 aliphatic rings. The molecule has 31 heavy (non-hydrogen) atoms. The summed E-state index contributed by atoms with van der Waals surface area (Å²) >= 11 is 0. The van der Waals surface area contributed by atoms with Crippen molar-refractivity contribution in [1.29, 1.82) is 0 Å². The van der Waals surface area contributed by atoms with E-state index in [1.807, 2.05) is 44.2 Å². The van der Waals surface area contributed by atoms with E-state index >= 15 is 0 Å². The summed E-state index contributed by atoms with van der Waals surface area (Å²) in [6.45, 7) is 4.17. The Morgan fingerprint density at radius 1 is 0.903 bits per heavy atom. The summed E-state index contributed by atoms with van der Waals surface area (Å²) in [7, 11) is 0. The van der Waals surface area contributed by atoms with Crippen molar-refractivity contribution in [2.24, 2.45) is 5.92 Å². The first kappa shape index (κ1) is 23.9. The highest BCUT2D eigenvalue weighted by Gasteiger charge is 2.24. The molecule has 0 aliphatic heterocycles. The number of nitrogens with one attached hydrogen (secondary N) is 3. The molecule has 0 heterocycles. The quantitative estimate of drug-likeness (QED) is 0.506. The zero-order valence-electron chi connectivity index (χ0n) is 17.7. The first-order valence-corrected chi connectivity index (χ1v) is 10.1. The van der Waals surface area contributed by atoms with Gasteiger partial charge in [-0.05, 0) is 29.2 Å². The second-order valence-electron chi connectivity index (χ2n) is 7.37. The van der Waals surface area contributed by atoms with E-state index in [1.165, 1.54) is 12.1 Å². The van der Waals surface area contributed by atoms with Crippen molar-refractivity contribution >= 4 is 17.9 Å². The Kier molecular flexibility index (Phi) is 9.48. The Hall–Kier alpha value is -3.42. The second-order valence-corrected chi connectivity index (χ2v) is 7.37. The maximum absolute atomic E-state index is 12.9. The summed E-state index contributed by atoms with van der Waals surface area (Å²) in [5, 5.41) is 7.97. The maximum Gasteiger partial charge on any atom is 0.408 e. The van der Waals surface area contributed by atoms with Gasteiger partial charge in [-0.2, -0.15) is 0 Å². The monoisotopic (exact) mass is 429 g/mol. The van der Waals surface area contributed by atoms with Crippen LogP contribution >= 0.6 is 0 Å². The highest BCUT2D eigenvalue weighted by molar-refractivity contribution is 5.86. The maximum atomic E-state index is 12.9. The van der Waals surface area contributed by atoms with Crippen molar-refractivity contribution in [3.63, 3.8) is 0 Å². The molecule has 0 aromatic heterocycles. The van der Waals surface area contributed by atoms with Crippen LogP contribution < -0.4 is 16.0 Å². The number of carbonyl (C=O) groups is 3. The van der Waals surface area contributed by atoms with Crippen LogP contribution in [0.4, 0.5) is 9.18 Å². The van der Waals surface area contributed by atoms with Crippen LogP contribution in [0.25, 0.3) is 0 Å². The number of ether oxygens (including phenoxy) is 1. The molecule has 3 N–H and O–H groups in total. The van der Waals surface area contributed by atoms with Gasteiger partial charge in [-0.1, -0.05) is 56.3 Å². The minimum Gasteiger partial charge on any atom is -0.445 e. The third-order valence-electron chi connectivity index (χ3n) is 4.46. The predicted octanol–water partition coefficient (Wildman–Crippen LogP) is 2.55. The molecule has 0 saturated carbocycles. The Morgan fingerprint density at radius 3 is 2.19 bits per heavy atom. The lowest BCUT2D eigenvalue weighted by Gasteiger charge is -2.21. The molecule has 0 fully saturated rings. The summed E-state index contributed by atoms with van der Waals surface area (Å²) in [6.07, 6.45) is -0.553. The fraction of sp³-hybridized carbons (Fsp3) is 0.348. The highest BCUT2D eigenvalue weighted by atomic mass is 19.1. The molecule has 0 spiro atoms. The molecule has 1 atom stereocenters. The number of carbonyl (C=O) groups excluding carboxylic acids is 3. The SMILES string of the molecule is CC(C)[C@H](NC(=O)OCc1ccccc1)C(=O)NCCNC(=O)Cc1ccc(F)cc1. The summed E-state index contributed by atoms with van der Waals surface area (Å²) < 4.78 is 18.1. The van der Waals surface area contributed by atoms with E-state index in [0.717, 1.165) is 5.56 Å². The van der Waals surface area contributed by atoms with E-state index in [-0.39, 0.29) is 49.7 Å². The summed E-state index contributed by atoms with van der Waals surface area (Å²) in [5.41, 5.74) is 1.54. The molecular weight excluding hydrogens is 401 g/mol. The van der Waals surface area contributed by atoms with Gasteiger partial charge in [-0.3, -0.25) is 9.59 Å². The first-order valence-electron chi connectivity index (χ1n) is 10.1. The molecule has 0 unspecified atom stereocenters. The number of halogens is 1. The molecule has 2 aromatic carbocycles. The molecule has 0 radical (unpaired) electrons. The van der Waals surface area contributed by atoms with Crippen LogP contribution in [-0.4, -0.2) is 37.0 Å². The van der Waals surface area contributed by atoms with Crippen LogP contribution in [0.5, 0.6) is 0 Å². The number of benzene rings is 2. The Bertz CT molecular complexity index is 857. The van der Waals surface area contributed by atoms with Gasteiger partial charge in [-0.15, -0.1) is 0 Å². The minimum atomic E-state index is -0.766. The zero-order chi connectivity index (χ0) is 22.6. The molecule has 2 aromatic rings. The molecule has 3 amide bonds. The molecular formula is C23H28FN3O4. The fourth-order valence-corrected chi connectivity index (χ4v) is 2.77. The normalized spacial score (nSPS) is 11.5. The Morgan fingerprint density at radius 2 is 1.55 bits per heavy atom. The second kappa shape index (κ2) is 12.3. The summed E-state index contributed by atoms with van der Waals surface area (Å²) in [5.74, 6) is -1.11. The largest absolute Gasteiger partial charge is 0.445 e. The van der Waals surface area contributed by atoms with E-state index in [4.69, 9.17) is 4.74 Å². The van der Waals surface area contributed by atoms with Gasteiger partial charge < -0.3 is 20.7 Å². The van der Waals surface area contributed by atoms with Gasteiger partial charge in [0.2, 0.25) is 11.8 Å². The van der Waals surface area contributed by atoms with Crippen LogP contribution in [0, 0.1) is 11.7 Å². The van der Waals surface area contributed by atoms with Gasteiger partial charge in [0.25, 0.3) is 0 Å². The van der Waals surface area contributed by atoms with Gasteiger partial charge in [0.15, 0.2) is 0 Å². The topological polar surface area (TPSA) is 96.5 Å². The summed E-state index contributed by atoms with van der Waals surface area (Å²) in [4.78, 5) is 36.4. The fourth-order valence-electron chi connectivity index (χ4n) is 2.77. The van der Waals surface area contributed by atoms with E-state index in [0.29, 0.717) is 5.56 Å². The zero-order valence-corrected chi connectivity index (χ0v) is 17.7. The molecule has 166 valence electrons. The lowest BCUT2D eigenvalue weighted by molar-refractivity contribution is -0.124. The van der Waals surface area contributed by atoms with Crippen LogP contribution in [0.1, 0.15) is 25.0 Å².